The highest BCUT2D eigenvalue weighted by Gasteiger charge is 2.20. The second-order valence-electron chi connectivity index (χ2n) is 5.82. The van der Waals surface area contributed by atoms with Crippen molar-refractivity contribution in [2.75, 3.05) is 31.1 Å². The van der Waals surface area contributed by atoms with E-state index in [1.807, 2.05) is 11.3 Å². The van der Waals surface area contributed by atoms with Crippen molar-refractivity contribution in [3.05, 3.63) is 17.5 Å². The third-order valence-electron chi connectivity index (χ3n) is 4.03. The van der Waals surface area contributed by atoms with Gasteiger partial charge < -0.3 is 15.5 Å². The first-order valence-corrected chi connectivity index (χ1v) is 9.54. The van der Waals surface area contributed by atoms with Crippen LogP contribution in [0, 0.1) is 0 Å². The number of guanidine groups is 1. The molecule has 1 aliphatic rings. The second-order valence-corrected chi connectivity index (χ2v) is 6.75. The van der Waals surface area contributed by atoms with Gasteiger partial charge in [-0.3, -0.25) is 4.99 Å². The molecule has 0 spiro atoms. The van der Waals surface area contributed by atoms with E-state index >= 15 is 0 Å². The summed E-state index contributed by atoms with van der Waals surface area (Å²) in [6.45, 7) is 8.48. The van der Waals surface area contributed by atoms with Gasteiger partial charge in [-0.25, -0.2) is 0 Å². The maximum atomic E-state index is 4.70. The Balaban J connectivity index is 1.76. The Kier molecular flexibility index (Phi) is 7.57. The molecule has 0 aromatic carbocycles. The van der Waals surface area contributed by atoms with Crippen molar-refractivity contribution < 1.29 is 0 Å². The Morgan fingerprint density at radius 3 is 2.77 bits per heavy atom. The second kappa shape index (κ2) is 9.72. The molecule has 1 aromatic rings. The lowest BCUT2D eigenvalue weighted by Crippen LogP contribution is -2.48. The summed E-state index contributed by atoms with van der Waals surface area (Å²) in [6, 6.07) is 4.90. The predicted octanol–water partition coefficient (Wildman–Crippen LogP) is 3.46. The fraction of sp³-hybridized carbons (Fsp3) is 0.706. The van der Waals surface area contributed by atoms with Crippen molar-refractivity contribution in [2.45, 2.75) is 52.0 Å². The molecule has 0 saturated carbocycles. The van der Waals surface area contributed by atoms with Gasteiger partial charge in [0.05, 0.1) is 5.00 Å². The molecule has 2 heterocycles. The molecule has 1 fully saturated rings. The lowest BCUT2D eigenvalue weighted by atomic mass is 10.1. The molecule has 2 rings (SSSR count). The molecule has 2 N–H and O–H groups in total. The molecule has 1 saturated heterocycles. The lowest BCUT2D eigenvalue weighted by molar-refractivity contribution is 0.462. The molecule has 5 heteroatoms. The summed E-state index contributed by atoms with van der Waals surface area (Å²) in [5.41, 5.74) is 0. The minimum absolute atomic E-state index is 0.542. The van der Waals surface area contributed by atoms with Crippen LogP contribution < -0.4 is 15.5 Å². The van der Waals surface area contributed by atoms with Crippen LogP contribution in [-0.4, -0.2) is 38.2 Å². The highest BCUT2D eigenvalue weighted by Crippen LogP contribution is 2.24. The number of aliphatic imine (C=N–C) groups is 1. The summed E-state index contributed by atoms with van der Waals surface area (Å²) < 4.78 is 0. The number of nitrogens with one attached hydrogen (secondary N) is 2. The minimum Gasteiger partial charge on any atom is -0.363 e. The molecule has 4 nitrogen and oxygen atoms in total. The number of anilines is 1. The van der Waals surface area contributed by atoms with Crippen LogP contribution in [0.3, 0.4) is 0 Å². The average Bonchev–Trinajstić information content (AvgIpc) is 3.07. The smallest absolute Gasteiger partial charge is 0.191 e. The van der Waals surface area contributed by atoms with Crippen LogP contribution in [0.4, 0.5) is 5.00 Å². The van der Waals surface area contributed by atoms with E-state index in [0.717, 1.165) is 32.1 Å². The van der Waals surface area contributed by atoms with E-state index in [4.69, 9.17) is 4.99 Å². The molecule has 0 atom stereocenters. The molecule has 22 heavy (non-hydrogen) atoms. The zero-order valence-corrected chi connectivity index (χ0v) is 14.8. The first-order valence-electron chi connectivity index (χ1n) is 8.66. The maximum absolute atomic E-state index is 4.70. The Labute approximate surface area is 139 Å². The Bertz CT molecular complexity index is 422. The standard InChI is InChI=1S/C17H30N4S/c1-3-5-6-11-19-17(18-4-2)20-15-9-12-21(13-10-15)16-8-7-14-22-16/h7-8,14-15H,3-6,9-13H2,1-2H3,(H2,18,19,20). The first kappa shape index (κ1) is 17.1. The zero-order valence-electron chi connectivity index (χ0n) is 14.0. The van der Waals surface area contributed by atoms with Crippen LogP contribution in [0.1, 0.15) is 46.0 Å². The van der Waals surface area contributed by atoms with Gasteiger partial charge in [0.2, 0.25) is 0 Å². The summed E-state index contributed by atoms with van der Waals surface area (Å²) in [5.74, 6) is 0.994. The Morgan fingerprint density at radius 2 is 2.14 bits per heavy atom. The topological polar surface area (TPSA) is 39.7 Å². The van der Waals surface area contributed by atoms with Crippen molar-refractivity contribution in [3.63, 3.8) is 0 Å². The Hall–Kier alpha value is -1.23. The van der Waals surface area contributed by atoms with Crippen molar-refractivity contribution in [3.8, 4) is 0 Å². The van der Waals surface area contributed by atoms with Gasteiger partial charge in [0.25, 0.3) is 0 Å². The third kappa shape index (κ3) is 5.52. The van der Waals surface area contributed by atoms with Crippen LogP contribution in [0.25, 0.3) is 0 Å². The van der Waals surface area contributed by atoms with Crippen molar-refractivity contribution in [1.29, 1.82) is 0 Å². The highest BCUT2D eigenvalue weighted by atomic mass is 32.1. The van der Waals surface area contributed by atoms with E-state index in [-0.39, 0.29) is 0 Å². The van der Waals surface area contributed by atoms with Gasteiger partial charge in [0, 0.05) is 32.2 Å². The van der Waals surface area contributed by atoms with Gasteiger partial charge in [0.1, 0.15) is 0 Å². The highest BCUT2D eigenvalue weighted by molar-refractivity contribution is 7.14. The number of nitrogens with zero attached hydrogens (tertiary/aromatic N) is 2. The SMILES string of the molecule is CCCCCN=C(NCC)NC1CCN(c2cccs2)CC1. The molecular formula is C17H30N4S. The number of piperidine rings is 1. The van der Waals surface area contributed by atoms with Crippen LogP contribution in [-0.2, 0) is 0 Å². The molecular weight excluding hydrogens is 292 g/mol. The molecule has 0 radical (unpaired) electrons. The normalized spacial score (nSPS) is 16.8. The van der Waals surface area contributed by atoms with Gasteiger partial charge in [0.15, 0.2) is 5.96 Å². The Morgan fingerprint density at radius 1 is 1.32 bits per heavy atom. The van der Waals surface area contributed by atoms with Gasteiger partial charge in [-0.15, -0.1) is 11.3 Å². The van der Waals surface area contributed by atoms with Gasteiger partial charge in [-0.1, -0.05) is 19.8 Å². The van der Waals surface area contributed by atoms with E-state index in [1.54, 1.807) is 0 Å². The maximum Gasteiger partial charge on any atom is 0.191 e. The van der Waals surface area contributed by atoms with Crippen LogP contribution in [0.15, 0.2) is 22.5 Å². The monoisotopic (exact) mass is 322 g/mol. The summed E-state index contributed by atoms with van der Waals surface area (Å²) in [7, 11) is 0. The fourth-order valence-electron chi connectivity index (χ4n) is 2.76. The summed E-state index contributed by atoms with van der Waals surface area (Å²) in [6.07, 6.45) is 6.06. The quantitative estimate of drug-likeness (QED) is 0.459. The largest absolute Gasteiger partial charge is 0.363 e. The van der Waals surface area contributed by atoms with Crippen molar-refractivity contribution in [1.82, 2.24) is 10.6 Å². The van der Waals surface area contributed by atoms with Gasteiger partial charge in [-0.2, -0.15) is 0 Å². The third-order valence-corrected chi connectivity index (χ3v) is 4.96. The first-order chi connectivity index (χ1) is 10.8. The number of hydrogen-bond donors (Lipinski definition) is 2. The van der Waals surface area contributed by atoms with E-state index in [0.29, 0.717) is 6.04 Å². The van der Waals surface area contributed by atoms with E-state index < -0.39 is 0 Å². The van der Waals surface area contributed by atoms with Crippen molar-refractivity contribution in [2.24, 2.45) is 4.99 Å². The molecule has 124 valence electrons. The van der Waals surface area contributed by atoms with Gasteiger partial charge >= 0.3 is 0 Å². The molecule has 1 aromatic heterocycles. The van der Waals surface area contributed by atoms with E-state index in [1.165, 1.54) is 37.1 Å². The lowest BCUT2D eigenvalue weighted by Gasteiger charge is -2.33. The van der Waals surface area contributed by atoms with Crippen molar-refractivity contribution >= 4 is 22.3 Å². The molecule has 0 bridgehead atoms. The molecule has 0 unspecified atom stereocenters. The number of thiophene rings is 1. The van der Waals surface area contributed by atoms with E-state index in [2.05, 4.69) is 46.9 Å². The minimum atomic E-state index is 0.542. The molecule has 0 amide bonds. The summed E-state index contributed by atoms with van der Waals surface area (Å²) in [4.78, 5) is 7.19. The summed E-state index contributed by atoms with van der Waals surface area (Å²) >= 11 is 1.84. The predicted molar refractivity (Wildman–Crippen MR) is 98.2 cm³/mol. The zero-order chi connectivity index (χ0) is 15.6. The average molecular weight is 323 g/mol. The molecule has 1 aliphatic heterocycles. The van der Waals surface area contributed by atoms with E-state index in [9.17, 15) is 0 Å². The van der Waals surface area contributed by atoms with Crippen LogP contribution in [0.5, 0.6) is 0 Å². The summed E-state index contributed by atoms with van der Waals surface area (Å²) in [5, 5.41) is 10.5. The van der Waals surface area contributed by atoms with Crippen LogP contribution >= 0.6 is 11.3 Å². The number of unbranched alkanes of at least 4 members (excludes halogenated alkanes) is 2. The number of rotatable bonds is 7. The fourth-order valence-corrected chi connectivity index (χ4v) is 3.55. The van der Waals surface area contributed by atoms with Gasteiger partial charge in [-0.05, 0) is 43.7 Å². The number of hydrogen-bond acceptors (Lipinski definition) is 3. The molecule has 0 aliphatic carbocycles. The van der Waals surface area contributed by atoms with Crippen LogP contribution in [0.2, 0.25) is 0 Å².